The molecular weight excluding hydrogens is 362 g/mol. The van der Waals surface area contributed by atoms with Gasteiger partial charge in [-0.2, -0.15) is 5.26 Å². The molecule has 2 fully saturated rings. The number of aryl methyl sites for hydroxylation is 1. The van der Waals surface area contributed by atoms with Crippen LogP contribution in [-0.2, 0) is 4.74 Å². The zero-order valence-corrected chi connectivity index (χ0v) is 17.7. The highest BCUT2D eigenvalue weighted by atomic mass is 16.5. The first kappa shape index (κ1) is 19.9. The SMILES string of the molecule is Cc1cc(C(=O)CN2C(C)CC3CC2CC(C)O3)c(C)n1-c1ccc(C#N)cc1. The number of benzene rings is 1. The number of hydrogen-bond donors (Lipinski definition) is 0. The second-order valence-corrected chi connectivity index (χ2v) is 8.65. The van der Waals surface area contributed by atoms with Crippen LogP contribution in [0.5, 0.6) is 0 Å². The van der Waals surface area contributed by atoms with E-state index in [4.69, 9.17) is 10.00 Å². The van der Waals surface area contributed by atoms with Crippen LogP contribution in [0.15, 0.2) is 30.3 Å². The molecule has 0 N–H and O–H groups in total. The molecule has 2 bridgehead atoms. The summed E-state index contributed by atoms with van der Waals surface area (Å²) in [6.45, 7) is 8.84. The van der Waals surface area contributed by atoms with E-state index >= 15 is 0 Å². The van der Waals surface area contributed by atoms with Crippen LogP contribution in [0.2, 0.25) is 0 Å². The van der Waals surface area contributed by atoms with Gasteiger partial charge in [0, 0.05) is 34.7 Å². The number of carbonyl (C=O) groups excluding carboxylic acids is 1. The lowest BCUT2D eigenvalue weighted by Crippen LogP contribution is -2.56. The van der Waals surface area contributed by atoms with Gasteiger partial charge in [-0.25, -0.2) is 0 Å². The number of fused-ring (bicyclic) bond motifs is 2. The molecule has 152 valence electrons. The van der Waals surface area contributed by atoms with Gasteiger partial charge in [0.15, 0.2) is 5.78 Å². The smallest absolute Gasteiger partial charge is 0.178 e. The van der Waals surface area contributed by atoms with E-state index in [0.29, 0.717) is 30.3 Å². The van der Waals surface area contributed by atoms with E-state index < -0.39 is 0 Å². The molecule has 4 atom stereocenters. The third kappa shape index (κ3) is 3.75. The quantitative estimate of drug-likeness (QED) is 0.734. The average Bonchev–Trinajstić information content (AvgIpc) is 2.98. The van der Waals surface area contributed by atoms with E-state index in [1.807, 2.05) is 44.2 Å². The Kier molecular flexibility index (Phi) is 5.33. The van der Waals surface area contributed by atoms with Crippen molar-refractivity contribution in [1.82, 2.24) is 9.47 Å². The number of ether oxygens (including phenoxy) is 1. The minimum Gasteiger partial charge on any atom is -0.375 e. The second kappa shape index (κ2) is 7.78. The summed E-state index contributed by atoms with van der Waals surface area (Å²) in [6.07, 6.45) is 3.64. The molecule has 5 heteroatoms. The molecule has 0 radical (unpaired) electrons. The van der Waals surface area contributed by atoms with Gasteiger partial charge in [0.1, 0.15) is 0 Å². The summed E-state index contributed by atoms with van der Waals surface area (Å²) in [4.78, 5) is 15.7. The number of likely N-dealkylation sites (tertiary alicyclic amines) is 1. The molecule has 1 aromatic heterocycles. The van der Waals surface area contributed by atoms with Crippen molar-refractivity contribution in [1.29, 1.82) is 5.26 Å². The van der Waals surface area contributed by atoms with Crippen molar-refractivity contribution >= 4 is 5.78 Å². The summed E-state index contributed by atoms with van der Waals surface area (Å²) >= 11 is 0. The van der Waals surface area contributed by atoms with Gasteiger partial charge in [0.2, 0.25) is 0 Å². The number of aromatic nitrogens is 1. The van der Waals surface area contributed by atoms with Crippen LogP contribution in [0.4, 0.5) is 0 Å². The molecule has 4 unspecified atom stereocenters. The van der Waals surface area contributed by atoms with Crippen molar-refractivity contribution in [3.63, 3.8) is 0 Å². The number of carbonyl (C=O) groups is 1. The van der Waals surface area contributed by atoms with Gasteiger partial charge in [-0.3, -0.25) is 9.69 Å². The number of hydrogen-bond acceptors (Lipinski definition) is 4. The molecule has 0 aliphatic carbocycles. The van der Waals surface area contributed by atoms with Crippen molar-refractivity contribution in [2.75, 3.05) is 6.54 Å². The van der Waals surface area contributed by atoms with Gasteiger partial charge in [-0.05, 0) is 77.3 Å². The highest BCUT2D eigenvalue weighted by molar-refractivity contribution is 5.99. The number of nitriles is 1. The van der Waals surface area contributed by atoms with E-state index in [2.05, 4.69) is 29.4 Å². The van der Waals surface area contributed by atoms with E-state index in [1.54, 1.807) is 0 Å². The van der Waals surface area contributed by atoms with Gasteiger partial charge in [-0.15, -0.1) is 0 Å². The molecule has 2 aliphatic heterocycles. The number of rotatable bonds is 4. The molecule has 3 heterocycles. The highest BCUT2D eigenvalue weighted by Gasteiger charge is 2.39. The summed E-state index contributed by atoms with van der Waals surface area (Å²) in [5.74, 6) is 0.183. The fourth-order valence-corrected chi connectivity index (χ4v) is 5.18. The summed E-state index contributed by atoms with van der Waals surface area (Å²) < 4.78 is 8.13. The maximum atomic E-state index is 13.3. The Morgan fingerprint density at radius 1 is 1.17 bits per heavy atom. The van der Waals surface area contributed by atoms with Crippen LogP contribution in [0, 0.1) is 25.2 Å². The van der Waals surface area contributed by atoms with Gasteiger partial charge in [0.05, 0.1) is 30.4 Å². The van der Waals surface area contributed by atoms with Crippen molar-refractivity contribution in [2.45, 2.75) is 71.2 Å². The van der Waals surface area contributed by atoms with Crippen LogP contribution in [0.1, 0.15) is 60.4 Å². The first-order valence-electron chi connectivity index (χ1n) is 10.5. The van der Waals surface area contributed by atoms with Crippen molar-refractivity contribution < 1.29 is 9.53 Å². The molecule has 0 amide bonds. The Labute approximate surface area is 172 Å². The monoisotopic (exact) mass is 391 g/mol. The second-order valence-electron chi connectivity index (χ2n) is 8.65. The largest absolute Gasteiger partial charge is 0.375 e. The molecule has 4 rings (SSSR count). The van der Waals surface area contributed by atoms with Crippen molar-refractivity contribution in [2.24, 2.45) is 0 Å². The lowest BCUT2D eigenvalue weighted by molar-refractivity contribution is -0.118. The molecular formula is C24H29N3O2. The van der Waals surface area contributed by atoms with Crippen LogP contribution < -0.4 is 0 Å². The summed E-state index contributed by atoms with van der Waals surface area (Å²) in [7, 11) is 0. The third-order valence-corrected chi connectivity index (χ3v) is 6.52. The molecule has 29 heavy (non-hydrogen) atoms. The van der Waals surface area contributed by atoms with Gasteiger partial charge in [-0.1, -0.05) is 0 Å². The van der Waals surface area contributed by atoms with Crippen LogP contribution in [0.3, 0.4) is 0 Å². The van der Waals surface area contributed by atoms with Gasteiger partial charge >= 0.3 is 0 Å². The summed E-state index contributed by atoms with van der Waals surface area (Å²) in [5.41, 5.74) is 4.39. The Morgan fingerprint density at radius 3 is 2.59 bits per heavy atom. The lowest BCUT2D eigenvalue weighted by atomic mass is 9.87. The fraction of sp³-hybridized carbons (Fsp3) is 0.500. The number of nitrogens with zero attached hydrogens (tertiary/aromatic N) is 3. The van der Waals surface area contributed by atoms with E-state index in [9.17, 15) is 4.79 Å². The molecule has 1 aromatic carbocycles. The zero-order chi connectivity index (χ0) is 20.7. The number of piperidine rings is 1. The van der Waals surface area contributed by atoms with Gasteiger partial charge in [0.25, 0.3) is 0 Å². The number of Topliss-reactive ketones (excluding diaryl/α,β-unsaturated/α-hetero) is 1. The zero-order valence-electron chi connectivity index (χ0n) is 17.7. The predicted octanol–water partition coefficient (Wildman–Crippen LogP) is 4.18. The Bertz CT molecular complexity index is 950. The Balaban J connectivity index is 1.57. The molecule has 0 saturated carbocycles. The van der Waals surface area contributed by atoms with Crippen LogP contribution in [-0.4, -0.2) is 46.1 Å². The Morgan fingerprint density at radius 2 is 1.90 bits per heavy atom. The van der Waals surface area contributed by atoms with E-state index in [-0.39, 0.29) is 11.9 Å². The van der Waals surface area contributed by atoms with Crippen LogP contribution >= 0.6 is 0 Å². The topological polar surface area (TPSA) is 58.3 Å². The minimum absolute atomic E-state index is 0.183. The van der Waals surface area contributed by atoms with E-state index in [0.717, 1.165) is 41.9 Å². The first-order valence-corrected chi connectivity index (χ1v) is 10.5. The highest BCUT2D eigenvalue weighted by Crippen LogP contribution is 2.34. The molecule has 2 saturated heterocycles. The first-order chi connectivity index (χ1) is 13.9. The normalized spacial score (nSPS) is 26.9. The predicted molar refractivity (Wildman–Crippen MR) is 112 cm³/mol. The van der Waals surface area contributed by atoms with Crippen LogP contribution in [0.25, 0.3) is 5.69 Å². The third-order valence-electron chi connectivity index (χ3n) is 6.52. The number of ketones is 1. The lowest BCUT2D eigenvalue weighted by Gasteiger charge is -2.48. The fourth-order valence-electron chi connectivity index (χ4n) is 5.18. The Hall–Kier alpha value is -2.42. The standard InChI is InChI=1S/C24H29N3O2/c1-15-9-22-12-21(11-17(3)29-22)26(15)14-24(28)23-10-16(2)27(18(23)4)20-7-5-19(13-25)6-8-20/h5-8,10,15,17,21-22H,9,11-12,14H2,1-4H3. The molecule has 2 aromatic rings. The maximum Gasteiger partial charge on any atom is 0.178 e. The summed E-state index contributed by atoms with van der Waals surface area (Å²) in [5, 5.41) is 9.03. The summed E-state index contributed by atoms with van der Waals surface area (Å²) in [6, 6.07) is 12.4. The minimum atomic E-state index is 0.183. The molecule has 5 nitrogen and oxygen atoms in total. The van der Waals surface area contributed by atoms with E-state index in [1.165, 1.54) is 0 Å². The molecule has 2 aliphatic rings. The van der Waals surface area contributed by atoms with Crippen molar-refractivity contribution in [3.05, 3.63) is 52.8 Å². The average molecular weight is 392 g/mol. The van der Waals surface area contributed by atoms with Gasteiger partial charge < -0.3 is 9.30 Å². The molecule has 0 spiro atoms. The maximum absolute atomic E-state index is 13.3. The van der Waals surface area contributed by atoms with Crippen molar-refractivity contribution in [3.8, 4) is 11.8 Å².